The molecule has 0 bridgehead atoms. The summed E-state index contributed by atoms with van der Waals surface area (Å²) in [5, 5.41) is 16.0. The van der Waals surface area contributed by atoms with Gasteiger partial charge < -0.3 is 10.2 Å². The van der Waals surface area contributed by atoms with Gasteiger partial charge in [0.25, 0.3) is 0 Å². The summed E-state index contributed by atoms with van der Waals surface area (Å²) in [6.07, 6.45) is 1.48. The van der Waals surface area contributed by atoms with E-state index in [4.69, 9.17) is 5.10 Å². The van der Waals surface area contributed by atoms with E-state index in [1.807, 2.05) is 12.1 Å². The van der Waals surface area contributed by atoms with Crippen LogP contribution in [0.2, 0.25) is 0 Å². The molecule has 8 heteroatoms. The SMILES string of the molecule is CC(C)c1nnc2ccc(N3CCC(C(=O)Nc4ccc(F)cc4)CC3)nn12. The third-order valence-electron chi connectivity index (χ3n) is 5.09. The first-order valence-electron chi connectivity index (χ1n) is 9.55. The molecule has 28 heavy (non-hydrogen) atoms. The highest BCUT2D eigenvalue weighted by Crippen LogP contribution is 2.24. The lowest BCUT2D eigenvalue weighted by atomic mass is 9.96. The lowest BCUT2D eigenvalue weighted by Crippen LogP contribution is -2.38. The Labute approximate surface area is 162 Å². The number of rotatable bonds is 4. The summed E-state index contributed by atoms with van der Waals surface area (Å²) in [7, 11) is 0. The summed E-state index contributed by atoms with van der Waals surface area (Å²) >= 11 is 0. The van der Waals surface area contributed by atoms with E-state index in [9.17, 15) is 9.18 Å². The first-order valence-corrected chi connectivity index (χ1v) is 9.55. The summed E-state index contributed by atoms with van der Waals surface area (Å²) in [5.74, 6) is 1.54. The molecule has 4 rings (SSSR count). The van der Waals surface area contributed by atoms with Crippen LogP contribution in [0.4, 0.5) is 15.9 Å². The Bertz CT molecular complexity index is 976. The van der Waals surface area contributed by atoms with Crippen molar-refractivity contribution >= 4 is 23.1 Å². The first kappa shape index (κ1) is 18.3. The van der Waals surface area contributed by atoms with E-state index in [-0.39, 0.29) is 23.6 Å². The molecule has 0 saturated carbocycles. The molecule has 3 aromatic rings. The molecular weight excluding hydrogens is 359 g/mol. The third-order valence-corrected chi connectivity index (χ3v) is 5.09. The number of nitrogens with one attached hydrogen (secondary N) is 1. The Balaban J connectivity index is 1.41. The number of anilines is 2. The van der Waals surface area contributed by atoms with Crippen LogP contribution in [0.3, 0.4) is 0 Å². The highest BCUT2D eigenvalue weighted by molar-refractivity contribution is 5.92. The van der Waals surface area contributed by atoms with Gasteiger partial charge >= 0.3 is 0 Å². The Morgan fingerprint density at radius 1 is 1.11 bits per heavy atom. The molecule has 0 radical (unpaired) electrons. The number of nitrogens with zero attached hydrogens (tertiary/aromatic N) is 5. The Kier molecular flexibility index (Phi) is 4.93. The molecule has 1 saturated heterocycles. The fourth-order valence-corrected chi connectivity index (χ4v) is 3.47. The predicted octanol–water partition coefficient (Wildman–Crippen LogP) is 3.24. The molecule has 0 spiro atoms. The Morgan fingerprint density at radius 2 is 1.82 bits per heavy atom. The number of piperidine rings is 1. The monoisotopic (exact) mass is 382 g/mol. The maximum Gasteiger partial charge on any atom is 0.227 e. The number of fused-ring (bicyclic) bond motifs is 1. The fraction of sp³-hybridized carbons (Fsp3) is 0.400. The van der Waals surface area contributed by atoms with Crippen LogP contribution in [0.15, 0.2) is 36.4 Å². The van der Waals surface area contributed by atoms with Gasteiger partial charge in [0.05, 0.1) is 0 Å². The molecule has 1 amide bonds. The van der Waals surface area contributed by atoms with Gasteiger partial charge in [-0.3, -0.25) is 4.79 Å². The largest absolute Gasteiger partial charge is 0.355 e. The van der Waals surface area contributed by atoms with Gasteiger partial charge in [0.1, 0.15) is 11.6 Å². The molecule has 3 heterocycles. The van der Waals surface area contributed by atoms with Crippen LogP contribution in [0, 0.1) is 11.7 Å². The van der Waals surface area contributed by atoms with Crippen molar-refractivity contribution in [2.45, 2.75) is 32.6 Å². The summed E-state index contributed by atoms with van der Waals surface area (Å²) in [4.78, 5) is 14.7. The van der Waals surface area contributed by atoms with Gasteiger partial charge in [-0.1, -0.05) is 13.8 Å². The molecule has 0 aliphatic carbocycles. The van der Waals surface area contributed by atoms with E-state index in [0.717, 1.165) is 43.2 Å². The Hall–Kier alpha value is -3.03. The molecule has 146 valence electrons. The van der Waals surface area contributed by atoms with Crippen LogP contribution in [0.1, 0.15) is 38.4 Å². The maximum absolute atomic E-state index is 13.0. The number of carbonyl (C=O) groups excluding carboxylic acids is 1. The van der Waals surface area contributed by atoms with Gasteiger partial charge in [-0.15, -0.1) is 15.3 Å². The maximum atomic E-state index is 13.0. The summed E-state index contributed by atoms with van der Waals surface area (Å²) in [6, 6.07) is 9.72. The quantitative estimate of drug-likeness (QED) is 0.750. The van der Waals surface area contributed by atoms with Gasteiger partial charge in [0.15, 0.2) is 11.5 Å². The lowest BCUT2D eigenvalue weighted by Gasteiger charge is -2.32. The highest BCUT2D eigenvalue weighted by atomic mass is 19.1. The van der Waals surface area contributed by atoms with Crippen LogP contribution >= 0.6 is 0 Å². The smallest absolute Gasteiger partial charge is 0.227 e. The van der Waals surface area contributed by atoms with Crippen molar-refractivity contribution in [1.82, 2.24) is 19.8 Å². The Morgan fingerprint density at radius 3 is 2.50 bits per heavy atom. The van der Waals surface area contributed by atoms with Crippen LogP contribution in [-0.2, 0) is 4.79 Å². The summed E-state index contributed by atoms with van der Waals surface area (Å²) in [5.41, 5.74) is 1.36. The van der Waals surface area contributed by atoms with E-state index in [2.05, 4.69) is 34.3 Å². The van der Waals surface area contributed by atoms with Crippen LogP contribution in [0.25, 0.3) is 5.65 Å². The molecule has 0 atom stereocenters. The number of amides is 1. The predicted molar refractivity (Wildman–Crippen MR) is 105 cm³/mol. The highest BCUT2D eigenvalue weighted by Gasteiger charge is 2.26. The zero-order chi connectivity index (χ0) is 19.7. The summed E-state index contributed by atoms with van der Waals surface area (Å²) < 4.78 is 14.8. The zero-order valence-corrected chi connectivity index (χ0v) is 16.0. The molecule has 1 aliphatic heterocycles. The molecule has 1 N–H and O–H groups in total. The average Bonchev–Trinajstić information content (AvgIpc) is 3.13. The normalized spacial score (nSPS) is 15.4. The van der Waals surface area contributed by atoms with Crippen LogP contribution < -0.4 is 10.2 Å². The van der Waals surface area contributed by atoms with E-state index in [0.29, 0.717) is 5.69 Å². The zero-order valence-electron chi connectivity index (χ0n) is 16.0. The van der Waals surface area contributed by atoms with Crippen molar-refractivity contribution in [2.24, 2.45) is 5.92 Å². The average molecular weight is 382 g/mol. The van der Waals surface area contributed by atoms with E-state index < -0.39 is 0 Å². The standard InChI is InChI=1S/C20H23FN6O/c1-13(2)19-24-23-17-7-8-18(25-27(17)19)26-11-9-14(10-12-26)20(28)22-16-5-3-15(21)4-6-16/h3-8,13-14H,9-12H2,1-2H3,(H,22,28). The minimum Gasteiger partial charge on any atom is -0.355 e. The van der Waals surface area contributed by atoms with Crippen molar-refractivity contribution in [3.8, 4) is 0 Å². The first-order chi connectivity index (χ1) is 13.5. The van der Waals surface area contributed by atoms with Crippen molar-refractivity contribution < 1.29 is 9.18 Å². The molecule has 1 aromatic carbocycles. The second-order valence-corrected chi connectivity index (χ2v) is 7.43. The number of halogens is 1. The second kappa shape index (κ2) is 7.53. The number of hydrogen-bond donors (Lipinski definition) is 1. The van der Waals surface area contributed by atoms with Crippen LogP contribution in [-0.4, -0.2) is 38.8 Å². The minimum absolute atomic E-state index is 0.0180. The number of carbonyl (C=O) groups is 1. The number of aromatic nitrogens is 4. The molecule has 7 nitrogen and oxygen atoms in total. The van der Waals surface area contributed by atoms with Crippen molar-refractivity contribution in [2.75, 3.05) is 23.3 Å². The van der Waals surface area contributed by atoms with Crippen LogP contribution in [0.5, 0.6) is 0 Å². The minimum atomic E-state index is -0.315. The van der Waals surface area contributed by atoms with E-state index in [1.54, 1.807) is 16.6 Å². The molecule has 2 aromatic heterocycles. The van der Waals surface area contributed by atoms with Crippen molar-refractivity contribution in [3.63, 3.8) is 0 Å². The molecule has 1 fully saturated rings. The third kappa shape index (κ3) is 3.67. The van der Waals surface area contributed by atoms with Gasteiger partial charge in [0.2, 0.25) is 5.91 Å². The molecular formula is C20H23FN6O. The lowest BCUT2D eigenvalue weighted by molar-refractivity contribution is -0.120. The molecule has 1 aliphatic rings. The molecule has 0 unspecified atom stereocenters. The van der Waals surface area contributed by atoms with Gasteiger partial charge in [0, 0.05) is 30.6 Å². The number of hydrogen-bond acceptors (Lipinski definition) is 5. The van der Waals surface area contributed by atoms with E-state index in [1.165, 1.54) is 12.1 Å². The fourth-order valence-electron chi connectivity index (χ4n) is 3.47. The van der Waals surface area contributed by atoms with Gasteiger partial charge in [-0.25, -0.2) is 4.39 Å². The van der Waals surface area contributed by atoms with E-state index >= 15 is 0 Å². The number of benzene rings is 1. The van der Waals surface area contributed by atoms with Gasteiger partial charge in [-0.2, -0.15) is 4.52 Å². The summed E-state index contributed by atoms with van der Waals surface area (Å²) in [6.45, 7) is 5.63. The second-order valence-electron chi connectivity index (χ2n) is 7.43. The van der Waals surface area contributed by atoms with Gasteiger partial charge in [-0.05, 0) is 49.2 Å². The van der Waals surface area contributed by atoms with Crippen molar-refractivity contribution in [1.29, 1.82) is 0 Å². The van der Waals surface area contributed by atoms with Crippen molar-refractivity contribution in [3.05, 3.63) is 48.0 Å². The topological polar surface area (TPSA) is 75.4 Å².